The highest BCUT2D eigenvalue weighted by atomic mass is 35.5. The first-order valence-electron chi connectivity index (χ1n) is 7.62. The van der Waals surface area contributed by atoms with Crippen LogP contribution in [0.5, 0.6) is 5.75 Å². The van der Waals surface area contributed by atoms with Crippen LogP contribution in [0.2, 0.25) is 5.02 Å². The maximum atomic E-state index is 6.28. The molecule has 0 bridgehead atoms. The van der Waals surface area contributed by atoms with Crippen molar-refractivity contribution in [1.29, 1.82) is 0 Å². The molecule has 0 aromatic heterocycles. The van der Waals surface area contributed by atoms with Crippen molar-refractivity contribution in [3.63, 3.8) is 0 Å². The Morgan fingerprint density at radius 3 is 2.57 bits per heavy atom. The lowest BCUT2D eigenvalue weighted by atomic mass is 9.94. The fourth-order valence-corrected chi connectivity index (χ4v) is 3.14. The van der Waals surface area contributed by atoms with Crippen molar-refractivity contribution in [2.45, 2.75) is 64.7 Å². The van der Waals surface area contributed by atoms with Gasteiger partial charge in [-0.15, -0.1) is 0 Å². The molecule has 1 aliphatic heterocycles. The van der Waals surface area contributed by atoms with Crippen LogP contribution >= 0.6 is 11.6 Å². The zero-order chi connectivity index (χ0) is 15.7. The number of nitrogens with one attached hydrogen (secondary N) is 1. The number of anilines is 1. The minimum Gasteiger partial charge on any atom is -0.492 e. The number of hydrogen-bond acceptors (Lipinski definition) is 3. The van der Waals surface area contributed by atoms with Crippen LogP contribution in [0, 0.1) is 0 Å². The monoisotopic (exact) mass is 311 g/mol. The van der Waals surface area contributed by atoms with Gasteiger partial charge in [0.15, 0.2) is 0 Å². The van der Waals surface area contributed by atoms with Gasteiger partial charge in [-0.1, -0.05) is 18.5 Å². The third-order valence-electron chi connectivity index (χ3n) is 3.81. The van der Waals surface area contributed by atoms with Gasteiger partial charge in [0, 0.05) is 5.69 Å². The van der Waals surface area contributed by atoms with E-state index < -0.39 is 0 Å². The maximum absolute atomic E-state index is 6.28. The third-order valence-corrected chi connectivity index (χ3v) is 4.10. The number of rotatable bonds is 5. The Kier molecular flexibility index (Phi) is 4.74. The van der Waals surface area contributed by atoms with E-state index in [-0.39, 0.29) is 17.2 Å². The van der Waals surface area contributed by atoms with E-state index in [0.29, 0.717) is 11.6 Å². The standard InChI is InChI=1S/C17H26ClNO2/c1-6-9-20-14-8-7-12(10-13(14)18)19-15-11-16(2,3)21-17(15,4)5/h7-8,10,15,19H,6,9,11H2,1-5H3. The Hall–Kier alpha value is -0.930. The van der Waals surface area contributed by atoms with Crippen molar-refractivity contribution in [3.05, 3.63) is 23.2 Å². The van der Waals surface area contributed by atoms with E-state index in [1.807, 2.05) is 18.2 Å². The smallest absolute Gasteiger partial charge is 0.138 e. The van der Waals surface area contributed by atoms with E-state index in [2.05, 4.69) is 39.9 Å². The van der Waals surface area contributed by atoms with E-state index in [9.17, 15) is 0 Å². The normalized spacial score (nSPS) is 23.0. The van der Waals surface area contributed by atoms with Crippen LogP contribution in [0.15, 0.2) is 18.2 Å². The lowest BCUT2D eigenvalue weighted by Gasteiger charge is -2.28. The predicted octanol–water partition coefficient (Wildman–Crippen LogP) is 4.89. The molecule has 1 heterocycles. The molecular formula is C17H26ClNO2. The first-order valence-corrected chi connectivity index (χ1v) is 8.00. The second-order valence-electron chi connectivity index (χ2n) is 6.86. The van der Waals surface area contributed by atoms with Crippen molar-refractivity contribution < 1.29 is 9.47 Å². The zero-order valence-electron chi connectivity index (χ0n) is 13.6. The fourth-order valence-electron chi connectivity index (χ4n) is 2.91. The molecule has 0 amide bonds. The molecule has 4 heteroatoms. The third kappa shape index (κ3) is 4.04. The molecule has 0 radical (unpaired) electrons. The molecule has 1 aromatic carbocycles. The summed E-state index contributed by atoms with van der Waals surface area (Å²) in [6.45, 7) is 11.3. The molecule has 1 aromatic rings. The molecule has 1 atom stereocenters. The summed E-state index contributed by atoms with van der Waals surface area (Å²) in [4.78, 5) is 0. The topological polar surface area (TPSA) is 30.5 Å². The Morgan fingerprint density at radius 1 is 1.33 bits per heavy atom. The van der Waals surface area contributed by atoms with Gasteiger partial charge in [0.05, 0.1) is 28.9 Å². The van der Waals surface area contributed by atoms with Gasteiger partial charge in [0.2, 0.25) is 0 Å². The van der Waals surface area contributed by atoms with Gasteiger partial charge in [-0.25, -0.2) is 0 Å². The summed E-state index contributed by atoms with van der Waals surface area (Å²) >= 11 is 6.28. The summed E-state index contributed by atoms with van der Waals surface area (Å²) in [6.07, 6.45) is 1.94. The van der Waals surface area contributed by atoms with Crippen LogP contribution in [0.4, 0.5) is 5.69 Å². The highest BCUT2D eigenvalue weighted by molar-refractivity contribution is 6.32. The molecule has 0 saturated carbocycles. The van der Waals surface area contributed by atoms with Crippen molar-refractivity contribution in [3.8, 4) is 5.75 Å². The Labute approximate surface area is 133 Å². The Morgan fingerprint density at radius 2 is 2.05 bits per heavy atom. The second kappa shape index (κ2) is 6.05. The van der Waals surface area contributed by atoms with Crippen LogP contribution in [-0.4, -0.2) is 23.9 Å². The second-order valence-corrected chi connectivity index (χ2v) is 7.27. The van der Waals surface area contributed by atoms with Gasteiger partial charge in [-0.3, -0.25) is 0 Å². The SMILES string of the molecule is CCCOc1ccc(NC2CC(C)(C)OC2(C)C)cc1Cl. The average molecular weight is 312 g/mol. The average Bonchev–Trinajstić information content (AvgIpc) is 2.56. The number of hydrogen-bond donors (Lipinski definition) is 1. The Bertz CT molecular complexity index is 500. The maximum Gasteiger partial charge on any atom is 0.138 e. The van der Waals surface area contributed by atoms with Gasteiger partial charge in [0.1, 0.15) is 5.75 Å². The summed E-state index contributed by atoms with van der Waals surface area (Å²) in [6, 6.07) is 6.12. The lowest BCUT2D eigenvalue weighted by molar-refractivity contribution is -0.0662. The molecule has 21 heavy (non-hydrogen) atoms. The molecule has 1 saturated heterocycles. The molecule has 0 spiro atoms. The van der Waals surface area contributed by atoms with Gasteiger partial charge in [-0.05, 0) is 58.7 Å². The van der Waals surface area contributed by atoms with Crippen LogP contribution in [0.3, 0.4) is 0 Å². The van der Waals surface area contributed by atoms with Gasteiger partial charge >= 0.3 is 0 Å². The molecule has 0 aliphatic carbocycles. The van der Waals surface area contributed by atoms with Crippen molar-refractivity contribution >= 4 is 17.3 Å². The van der Waals surface area contributed by atoms with Crippen LogP contribution in [-0.2, 0) is 4.74 Å². The molecule has 1 N–H and O–H groups in total. The van der Waals surface area contributed by atoms with Gasteiger partial charge in [-0.2, -0.15) is 0 Å². The number of ether oxygens (including phenoxy) is 2. The summed E-state index contributed by atoms with van der Waals surface area (Å²) in [5, 5.41) is 4.19. The first kappa shape index (κ1) is 16.4. The summed E-state index contributed by atoms with van der Waals surface area (Å²) in [5.41, 5.74) is 0.700. The quantitative estimate of drug-likeness (QED) is 0.840. The largest absolute Gasteiger partial charge is 0.492 e. The highest BCUT2D eigenvalue weighted by Crippen LogP contribution is 2.39. The molecule has 1 aliphatic rings. The number of benzene rings is 1. The first-order chi connectivity index (χ1) is 9.73. The summed E-state index contributed by atoms with van der Waals surface area (Å²) in [5.74, 6) is 0.742. The molecule has 1 fully saturated rings. The van der Waals surface area contributed by atoms with E-state index in [1.165, 1.54) is 0 Å². The van der Waals surface area contributed by atoms with Crippen LogP contribution in [0.25, 0.3) is 0 Å². The van der Waals surface area contributed by atoms with Crippen molar-refractivity contribution in [2.75, 3.05) is 11.9 Å². The van der Waals surface area contributed by atoms with Gasteiger partial charge in [0.25, 0.3) is 0 Å². The summed E-state index contributed by atoms with van der Waals surface area (Å²) < 4.78 is 11.7. The van der Waals surface area contributed by atoms with Crippen molar-refractivity contribution in [2.24, 2.45) is 0 Å². The fraction of sp³-hybridized carbons (Fsp3) is 0.647. The summed E-state index contributed by atoms with van der Waals surface area (Å²) in [7, 11) is 0. The van der Waals surface area contributed by atoms with Crippen LogP contribution in [0.1, 0.15) is 47.5 Å². The Balaban J connectivity index is 2.08. The zero-order valence-corrected chi connectivity index (χ0v) is 14.4. The van der Waals surface area contributed by atoms with E-state index >= 15 is 0 Å². The highest BCUT2D eigenvalue weighted by Gasteiger charge is 2.45. The van der Waals surface area contributed by atoms with E-state index in [0.717, 1.165) is 24.3 Å². The predicted molar refractivity (Wildman–Crippen MR) is 88.5 cm³/mol. The lowest BCUT2D eigenvalue weighted by Crippen LogP contribution is -2.38. The minimum absolute atomic E-state index is 0.102. The molecule has 3 nitrogen and oxygen atoms in total. The van der Waals surface area contributed by atoms with Crippen molar-refractivity contribution in [1.82, 2.24) is 0 Å². The molecule has 118 valence electrons. The van der Waals surface area contributed by atoms with E-state index in [1.54, 1.807) is 0 Å². The van der Waals surface area contributed by atoms with Gasteiger partial charge < -0.3 is 14.8 Å². The van der Waals surface area contributed by atoms with E-state index in [4.69, 9.17) is 21.1 Å². The molecular weight excluding hydrogens is 286 g/mol. The number of halogens is 1. The minimum atomic E-state index is -0.201. The molecule has 2 rings (SSSR count). The van der Waals surface area contributed by atoms with Crippen LogP contribution < -0.4 is 10.1 Å². The molecule has 1 unspecified atom stereocenters.